The van der Waals surface area contributed by atoms with Gasteiger partial charge in [0.1, 0.15) is 5.69 Å². The zero-order valence-corrected chi connectivity index (χ0v) is 14.8. The highest BCUT2D eigenvalue weighted by molar-refractivity contribution is 6.32. The van der Waals surface area contributed by atoms with Gasteiger partial charge < -0.3 is 9.80 Å². The Kier molecular flexibility index (Phi) is 5.53. The first-order valence-corrected chi connectivity index (χ1v) is 8.64. The molecule has 0 saturated carbocycles. The highest BCUT2D eigenvalue weighted by Crippen LogP contribution is 2.28. The molecule has 3 rings (SSSR count). The van der Waals surface area contributed by atoms with Crippen molar-refractivity contribution in [2.75, 3.05) is 31.1 Å². The second-order valence-electron chi connectivity index (χ2n) is 5.91. The predicted octanol–water partition coefficient (Wildman–Crippen LogP) is 3.61. The lowest BCUT2D eigenvalue weighted by Crippen LogP contribution is -2.48. The molecular weight excluding hydrogens is 354 g/mol. The Morgan fingerprint density at radius 1 is 1.04 bits per heavy atom. The molecule has 1 saturated heterocycles. The third kappa shape index (κ3) is 4.03. The van der Waals surface area contributed by atoms with Gasteiger partial charge in [-0.15, -0.1) is 0 Å². The number of nitro groups is 1. The minimum Gasteiger partial charge on any atom is -0.362 e. The normalized spacial score (nSPS) is 14.7. The monoisotopic (exact) mass is 371 g/mol. The number of para-hydroxylation sites is 2. The maximum Gasteiger partial charge on any atom is 0.292 e. The second-order valence-corrected chi connectivity index (χ2v) is 6.32. The summed E-state index contributed by atoms with van der Waals surface area (Å²) < 4.78 is 0. The number of anilines is 1. The summed E-state index contributed by atoms with van der Waals surface area (Å²) in [4.78, 5) is 26.9. The standard InChI is InChI=1S/C19H18ClN3O3/c20-16-6-2-1-5-15(16)9-10-19(24)22-13-11-21(12-14-22)17-7-3-4-8-18(17)23(25)26/h1-10H,11-14H2/b10-9+. The summed E-state index contributed by atoms with van der Waals surface area (Å²) in [6.07, 6.45) is 3.22. The average Bonchev–Trinajstić information content (AvgIpc) is 2.67. The SMILES string of the molecule is O=C(/C=C/c1ccccc1Cl)N1CCN(c2ccccc2[N+](=O)[O-])CC1. The molecule has 0 aromatic heterocycles. The van der Waals surface area contributed by atoms with Crippen LogP contribution >= 0.6 is 11.6 Å². The van der Waals surface area contributed by atoms with Crippen molar-refractivity contribution in [2.45, 2.75) is 0 Å². The van der Waals surface area contributed by atoms with Crippen molar-refractivity contribution >= 4 is 35.0 Å². The van der Waals surface area contributed by atoms with Gasteiger partial charge in [0.25, 0.3) is 5.69 Å². The fourth-order valence-corrected chi connectivity index (χ4v) is 3.13. The van der Waals surface area contributed by atoms with Gasteiger partial charge in [0.05, 0.1) is 4.92 Å². The molecule has 0 N–H and O–H groups in total. The Hall–Kier alpha value is -2.86. The fraction of sp³-hybridized carbons (Fsp3) is 0.211. The number of nitrogens with zero attached hydrogens (tertiary/aromatic N) is 3. The summed E-state index contributed by atoms with van der Waals surface area (Å²) in [7, 11) is 0. The number of benzene rings is 2. The first kappa shape index (κ1) is 17.9. The van der Waals surface area contributed by atoms with E-state index in [0.29, 0.717) is 36.9 Å². The van der Waals surface area contributed by atoms with Crippen molar-refractivity contribution in [1.29, 1.82) is 0 Å². The Morgan fingerprint density at radius 2 is 1.69 bits per heavy atom. The summed E-state index contributed by atoms with van der Waals surface area (Å²) >= 11 is 6.08. The van der Waals surface area contributed by atoms with Crippen LogP contribution in [0.15, 0.2) is 54.6 Å². The van der Waals surface area contributed by atoms with E-state index in [1.165, 1.54) is 12.1 Å². The molecular formula is C19H18ClN3O3. The lowest BCUT2D eigenvalue weighted by molar-refractivity contribution is -0.384. The van der Waals surface area contributed by atoms with E-state index in [0.717, 1.165) is 5.56 Å². The summed E-state index contributed by atoms with van der Waals surface area (Å²) in [5.74, 6) is -0.0906. The quantitative estimate of drug-likeness (QED) is 0.468. The Bertz CT molecular complexity index is 845. The number of carbonyl (C=O) groups is 1. The number of halogens is 1. The average molecular weight is 372 g/mol. The number of carbonyl (C=O) groups excluding carboxylic acids is 1. The fourth-order valence-electron chi connectivity index (χ4n) is 2.93. The van der Waals surface area contributed by atoms with Crippen LogP contribution in [0.5, 0.6) is 0 Å². The molecule has 26 heavy (non-hydrogen) atoms. The van der Waals surface area contributed by atoms with Crippen molar-refractivity contribution in [1.82, 2.24) is 4.90 Å². The molecule has 0 atom stereocenters. The van der Waals surface area contributed by atoms with Crippen molar-refractivity contribution < 1.29 is 9.72 Å². The van der Waals surface area contributed by atoms with Gasteiger partial charge in [-0.25, -0.2) is 0 Å². The van der Waals surface area contributed by atoms with Crippen LogP contribution in [0.3, 0.4) is 0 Å². The van der Waals surface area contributed by atoms with E-state index in [9.17, 15) is 14.9 Å². The summed E-state index contributed by atoms with van der Waals surface area (Å²) in [6, 6.07) is 14.0. The summed E-state index contributed by atoms with van der Waals surface area (Å²) in [5.41, 5.74) is 1.48. The third-order valence-corrected chi connectivity index (χ3v) is 4.67. The Morgan fingerprint density at radius 3 is 2.38 bits per heavy atom. The number of hydrogen-bond acceptors (Lipinski definition) is 4. The number of amides is 1. The molecule has 1 fully saturated rings. The van der Waals surface area contributed by atoms with Crippen LogP contribution < -0.4 is 4.90 Å². The number of nitro benzene ring substituents is 1. The lowest BCUT2D eigenvalue weighted by Gasteiger charge is -2.35. The molecule has 1 aliphatic rings. The van der Waals surface area contributed by atoms with Crippen LogP contribution in [0, 0.1) is 10.1 Å². The molecule has 0 unspecified atom stereocenters. The van der Waals surface area contributed by atoms with Gasteiger partial charge in [-0.05, 0) is 23.8 Å². The van der Waals surface area contributed by atoms with Gasteiger partial charge in [-0.3, -0.25) is 14.9 Å². The predicted molar refractivity (Wildman–Crippen MR) is 102 cm³/mol. The van der Waals surface area contributed by atoms with E-state index in [-0.39, 0.29) is 16.5 Å². The zero-order chi connectivity index (χ0) is 18.5. The van der Waals surface area contributed by atoms with E-state index in [1.807, 2.05) is 23.1 Å². The first-order valence-electron chi connectivity index (χ1n) is 8.26. The van der Waals surface area contributed by atoms with E-state index >= 15 is 0 Å². The summed E-state index contributed by atoms with van der Waals surface area (Å²) in [6.45, 7) is 2.13. The molecule has 2 aromatic carbocycles. The highest BCUT2D eigenvalue weighted by Gasteiger charge is 2.24. The van der Waals surface area contributed by atoms with Crippen molar-refractivity contribution in [3.63, 3.8) is 0 Å². The van der Waals surface area contributed by atoms with Gasteiger partial charge in [0.15, 0.2) is 0 Å². The van der Waals surface area contributed by atoms with Crippen LogP contribution in [0.1, 0.15) is 5.56 Å². The number of rotatable bonds is 4. The zero-order valence-electron chi connectivity index (χ0n) is 14.0. The van der Waals surface area contributed by atoms with E-state index in [1.54, 1.807) is 35.2 Å². The van der Waals surface area contributed by atoms with Crippen molar-refractivity contribution in [3.8, 4) is 0 Å². The minimum atomic E-state index is -0.376. The van der Waals surface area contributed by atoms with Crippen LogP contribution in [0.4, 0.5) is 11.4 Å². The maximum atomic E-state index is 12.4. The molecule has 2 aromatic rings. The minimum absolute atomic E-state index is 0.0888. The molecule has 0 radical (unpaired) electrons. The number of piperazine rings is 1. The molecule has 7 heteroatoms. The van der Waals surface area contributed by atoms with Crippen LogP contribution in [0.25, 0.3) is 6.08 Å². The van der Waals surface area contributed by atoms with E-state index in [2.05, 4.69) is 0 Å². The molecule has 134 valence electrons. The van der Waals surface area contributed by atoms with Gasteiger partial charge in [-0.2, -0.15) is 0 Å². The largest absolute Gasteiger partial charge is 0.362 e. The molecule has 1 amide bonds. The molecule has 0 aliphatic carbocycles. The van der Waals surface area contributed by atoms with Crippen LogP contribution in [0.2, 0.25) is 5.02 Å². The van der Waals surface area contributed by atoms with Crippen LogP contribution in [-0.4, -0.2) is 41.9 Å². The van der Waals surface area contributed by atoms with E-state index < -0.39 is 0 Å². The van der Waals surface area contributed by atoms with Gasteiger partial charge in [-0.1, -0.05) is 41.9 Å². The smallest absolute Gasteiger partial charge is 0.292 e. The molecule has 0 spiro atoms. The van der Waals surface area contributed by atoms with Crippen LogP contribution in [-0.2, 0) is 4.79 Å². The highest BCUT2D eigenvalue weighted by atomic mass is 35.5. The summed E-state index contributed by atoms with van der Waals surface area (Å²) in [5, 5.41) is 11.8. The van der Waals surface area contributed by atoms with Crippen molar-refractivity contribution in [3.05, 3.63) is 75.3 Å². The molecule has 0 bridgehead atoms. The third-order valence-electron chi connectivity index (χ3n) is 4.32. The van der Waals surface area contributed by atoms with Gasteiger partial charge in [0.2, 0.25) is 5.91 Å². The van der Waals surface area contributed by atoms with Gasteiger partial charge in [0, 0.05) is 43.3 Å². The second kappa shape index (κ2) is 8.01. The maximum absolute atomic E-state index is 12.4. The Labute approximate surface area is 156 Å². The molecule has 1 aliphatic heterocycles. The molecule has 1 heterocycles. The first-order chi connectivity index (χ1) is 12.6. The molecule has 6 nitrogen and oxygen atoms in total. The lowest BCUT2D eigenvalue weighted by atomic mass is 10.2. The Balaban J connectivity index is 1.63. The number of hydrogen-bond donors (Lipinski definition) is 0. The van der Waals surface area contributed by atoms with Gasteiger partial charge >= 0.3 is 0 Å². The van der Waals surface area contributed by atoms with Crippen molar-refractivity contribution in [2.24, 2.45) is 0 Å². The van der Waals surface area contributed by atoms with E-state index in [4.69, 9.17) is 11.6 Å². The topological polar surface area (TPSA) is 66.7 Å².